The number of amides is 4. The number of urea groups is 2. The van der Waals surface area contributed by atoms with Crippen LogP contribution < -0.4 is 14.8 Å². The minimum Gasteiger partial charge on any atom is -0.486 e. The minimum absolute atomic E-state index is 0.0477. The van der Waals surface area contributed by atoms with Gasteiger partial charge in [-0.15, -0.1) is 0 Å². The van der Waals surface area contributed by atoms with Crippen molar-refractivity contribution in [2.45, 2.75) is 20.0 Å². The highest BCUT2D eigenvalue weighted by Gasteiger charge is 2.27. The van der Waals surface area contributed by atoms with Crippen LogP contribution in [-0.4, -0.2) is 85.3 Å². The summed E-state index contributed by atoms with van der Waals surface area (Å²) >= 11 is 0. The van der Waals surface area contributed by atoms with E-state index in [0.29, 0.717) is 58.2 Å². The van der Waals surface area contributed by atoms with Gasteiger partial charge >= 0.3 is 12.1 Å². The summed E-state index contributed by atoms with van der Waals surface area (Å²) in [4.78, 5) is 30.1. The Kier molecular flexibility index (Phi) is 6.26. The Bertz CT molecular complexity index is 657. The number of ether oxygens (including phenoxy) is 2. The highest BCUT2D eigenvalue weighted by molar-refractivity contribution is 5.76. The second kappa shape index (κ2) is 8.83. The largest absolute Gasteiger partial charge is 0.486 e. The van der Waals surface area contributed by atoms with Crippen molar-refractivity contribution in [1.29, 1.82) is 0 Å². The van der Waals surface area contributed by atoms with E-state index in [1.54, 1.807) is 9.80 Å². The van der Waals surface area contributed by atoms with Crippen molar-refractivity contribution in [3.05, 3.63) is 24.3 Å². The fourth-order valence-electron chi connectivity index (χ4n) is 3.27. The predicted molar refractivity (Wildman–Crippen MR) is 101 cm³/mol. The van der Waals surface area contributed by atoms with Crippen LogP contribution in [0, 0.1) is 0 Å². The lowest BCUT2D eigenvalue weighted by Crippen LogP contribution is -2.56. The van der Waals surface area contributed by atoms with Crippen molar-refractivity contribution in [2.75, 3.05) is 52.4 Å². The number of nitrogens with zero attached hydrogens (tertiary/aromatic N) is 3. The van der Waals surface area contributed by atoms with Crippen molar-refractivity contribution in [1.82, 2.24) is 20.0 Å². The third-order valence-electron chi connectivity index (χ3n) is 4.92. The molecule has 1 aromatic carbocycles. The van der Waals surface area contributed by atoms with Crippen LogP contribution in [0.25, 0.3) is 0 Å². The number of carbonyl (C=O) groups is 2. The van der Waals surface area contributed by atoms with Gasteiger partial charge in [0.1, 0.15) is 6.61 Å². The molecular formula is C19H28N4O4. The molecule has 0 aliphatic carbocycles. The van der Waals surface area contributed by atoms with Crippen LogP contribution in [0.3, 0.4) is 0 Å². The molecule has 8 nitrogen and oxygen atoms in total. The first-order valence-electron chi connectivity index (χ1n) is 9.57. The number of hydrogen-bond donors (Lipinski definition) is 1. The van der Waals surface area contributed by atoms with Crippen LogP contribution in [0.1, 0.15) is 13.8 Å². The molecule has 0 radical (unpaired) electrons. The van der Waals surface area contributed by atoms with E-state index in [-0.39, 0.29) is 18.2 Å². The van der Waals surface area contributed by atoms with E-state index < -0.39 is 0 Å². The van der Waals surface area contributed by atoms with E-state index in [1.165, 1.54) is 0 Å². The zero-order valence-electron chi connectivity index (χ0n) is 16.0. The quantitative estimate of drug-likeness (QED) is 0.867. The van der Waals surface area contributed by atoms with Crippen LogP contribution in [0.15, 0.2) is 24.3 Å². The third kappa shape index (κ3) is 4.56. The summed E-state index contributed by atoms with van der Waals surface area (Å²) in [6.45, 7) is 8.30. The summed E-state index contributed by atoms with van der Waals surface area (Å²) in [7, 11) is 0. The molecular weight excluding hydrogens is 348 g/mol. The molecule has 0 bridgehead atoms. The number of nitrogens with one attached hydrogen (secondary N) is 1. The zero-order chi connectivity index (χ0) is 19.2. The summed E-state index contributed by atoms with van der Waals surface area (Å²) in [5, 5.41) is 2.91. The first-order valence-corrected chi connectivity index (χ1v) is 9.57. The average molecular weight is 376 g/mol. The van der Waals surface area contributed by atoms with Gasteiger partial charge in [-0.1, -0.05) is 12.1 Å². The number of fused-ring (bicyclic) bond motifs is 1. The van der Waals surface area contributed by atoms with E-state index in [4.69, 9.17) is 9.47 Å². The first-order chi connectivity index (χ1) is 13.1. The van der Waals surface area contributed by atoms with Crippen molar-refractivity contribution < 1.29 is 19.1 Å². The Balaban J connectivity index is 1.42. The van der Waals surface area contributed by atoms with Gasteiger partial charge in [-0.2, -0.15) is 0 Å². The molecule has 4 amide bonds. The van der Waals surface area contributed by atoms with Crippen molar-refractivity contribution in [3.63, 3.8) is 0 Å². The number of piperazine rings is 1. The molecule has 1 aromatic rings. The van der Waals surface area contributed by atoms with Crippen molar-refractivity contribution >= 4 is 12.1 Å². The van der Waals surface area contributed by atoms with E-state index >= 15 is 0 Å². The SMILES string of the molecule is CCN(CC)C(=O)N1CCN(C(=O)NCC2COc3ccccc3O2)CC1. The van der Waals surface area contributed by atoms with Crippen LogP contribution in [0.4, 0.5) is 9.59 Å². The Morgan fingerprint density at radius 2 is 1.70 bits per heavy atom. The highest BCUT2D eigenvalue weighted by atomic mass is 16.6. The Hall–Kier alpha value is -2.64. The first kappa shape index (κ1) is 19.1. The molecule has 148 valence electrons. The number of rotatable bonds is 4. The molecule has 1 atom stereocenters. The second-order valence-electron chi connectivity index (χ2n) is 6.61. The van der Waals surface area contributed by atoms with Gasteiger partial charge in [0.25, 0.3) is 0 Å². The smallest absolute Gasteiger partial charge is 0.320 e. The lowest BCUT2D eigenvalue weighted by atomic mass is 10.2. The fraction of sp³-hybridized carbons (Fsp3) is 0.579. The molecule has 27 heavy (non-hydrogen) atoms. The van der Waals surface area contributed by atoms with Crippen molar-refractivity contribution in [2.24, 2.45) is 0 Å². The highest BCUT2D eigenvalue weighted by Crippen LogP contribution is 2.30. The van der Waals surface area contributed by atoms with Gasteiger partial charge in [-0.05, 0) is 26.0 Å². The van der Waals surface area contributed by atoms with Crippen LogP contribution >= 0.6 is 0 Å². The molecule has 8 heteroatoms. The van der Waals surface area contributed by atoms with Gasteiger partial charge < -0.3 is 29.5 Å². The van der Waals surface area contributed by atoms with Crippen LogP contribution in [-0.2, 0) is 0 Å². The summed E-state index contributed by atoms with van der Waals surface area (Å²) in [6.07, 6.45) is -0.214. The number of carbonyl (C=O) groups excluding carboxylic acids is 2. The Morgan fingerprint density at radius 3 is 2.37 bits per heavy atom. The van der Waals surface area contributed by atoms with E-state index in [9.17, 15) is 9.59 Å². The molecule has 1 unspecified atom stereocenters. The normalized spacial score (nSPS) is 18.8. The van der Waals surface area contributed by atoms with Gasteiger partial charge in [-0.3, -0.25) is 0 Å². The van der Waals surface area contributed by atoms with Gasteiger partial charge in [0, 0.05) is 39.3 Å². The lowest BCUT2D eigenvalue weighted by molar-refractivity contribution is 0.0878. The standard InChI is InChI=1S/C19H28N4O4/c1-3-21(4-2)19(25)23-11-9-22(10-12-23)18(24)20-13-15-14-26-16-7-5-6-8-17(16)27-15/h5-8,15H,3-4,9-14H2,1-2H3,(H,20,24). The molecule has 2 aliphatic rings. The number of para-hydroxylation sites is 2. The minimum atomic E-state index is -0.214. The maximum Gasteiger partial charge on any atom is 0.320 e. The topological polar surface area (TPSA) is 74.4 Å². The monoisotopic (exact) mass is 376 g/mol. The molecule has 2 heterocycles. The van der Waals surface area contributed by atoms with Gasteiger partial charge in [0.2, 0.25) is 0 Å². The summed E-state index contributed by atoms with van der Waals surface area (Å²) in [5.41, 5.74) is 0. The van der Waals surface area contributed by atoms with Gasteiger partial charge in [-0.25, -0.2) is 9.59 Å². The summed E-state index contributed by atoms with van der Waals surface area (Å²) in [6, 6.07) is 7.43. The van der Waals surface area contributed by atoms with E-state index in [2.05, 4.69) is 5.32 Å². The third-order valence-corrected chi connectivity index (χ3v) is 4.92. The maximum absolute atomic E-state index is 12.4. The molecule has 1 fully saturated rings. The van der Waals surface area contributed by atoms with Crippen molar-refractivity contribution in [3.8, 4) is 11.5 Å². The second-order valence-corrected chi connectivity index (χ2v) is 6.61. The van der Waals surface area contributed by atoms with Gasteiger partial charge in [0.15, 0.2) is 17.6 Å². The average Bonchev–Trinajstić information content (AvgIpc) is 2.72. The molecule has 0 saturated carbocycles. The van der Waals surface area contributed by atoms with E-state index in [0.717, 1.165) is 5.75 Å². The summed E-state index contributed by atoms with van der Waals surface area (Å²) < 4.78 is 11.5. The Morgan fingerprint density at radius 1 is 1.07 bits per heavy atom. The molecule has 3 rings (SSSR count). The summed E-state index contributed by atoms with van der Waals surface area (Å²) in [5.74, 6) is 1.43. The predicted octanol–water partition coefficient (Wildman–Crippen LogP) is 1.62. The maximum atomic E-state index is 12.4. The fourth-order valence-corrected chi connectivity index (χ4v) is 3.27. The van der Waals surface area contributed by atoms with Gasteiger partial charge in [0.05, 0.1) is 6.54 Å². The van der Waals surface area contributed by atoms with Crippen LogP contribution in [0.5, 0.6) is 11.5 Å². The molecule has 0 aromatic heterocycles. The van der Waals surface area contributed by atoms with E-state index in [1.807, 2.05) is 43.0 Å². The number of hydrogen-bond acceptors (Lipinski definition) is 4. The molecule has 1 N–H and O–H groups in total. The zero-order valence-corrected chi connectivity index (χ0v) is 16.0. The Labute approximate surface area is 160 Å². The molecule has 1 saturated heterocycles. The lowest BCUT2D eigenvalue weighted by Gasteiger charge is -2.37. The molecule has 0 spiro atoms. The van der Waals surface area contributed by atoms with Crippen LogP contribution in [0.2, 0.25) is 0 Å². The molecule has 2 aliphatic heterocycles. The number of benzene rings is 1.